The van der Waals surface area contributed by atoms with Crippen molar-refractivity contribution in [2.24, 2.45) is 0 Å². The van der Waals surface area contributed by atoms with E-state index in [9.17, 15) is 35.2 Å². The molecule has 0 fully saturated rings. The quantitative estimate of drug-likeness (QED) is 0.0579. The Morgan fingerprint density at radius 1 is 0.938 bits per heavy atom. The number of pyridine rings is 2. The Balaban J connectivity index is 1.43. The molecule has 2 aromatic carbocycles. The van der Waals surface area contributed by atoms with E-state index in [-0.39, 0.29) is 39.2 Å². The third-order valence-corrected chi connectivity index (χ3v) is 8.55. The summed E-state index contributed by atoms with van der Waals surface area (Å²) in [5.41, 5.74) is 1.20. The van der Waals surface area contributed by atoms with Crippen molar-refractivity contribution in [1.82, 2.24) is 9.97 Å². The van der Waals surface area contributed by atoms with Crippen LogP contribution in [-0.2, 0) is 10.1 Å². The zero-order chi connectivity index (χ0) is 34.7. The van der Waals surface area contributed by atoms with Gasteiger partial charge in [-0.05, 0) is 56.7 Å². The van der Waals surface area contributed by atoms with Gasteiger partial charge in [0.25, 0.3) is 5.88 Å². The molecule has 0 saturated heterocycles. The van der Waals surface area contributed by atoms with Gasteiger partial charge in [-0.25, -0.2) is 23.1 Å². The molecule has 0 bridgehead atoms. The van der Waals surface area contributed by atoms with Crippen LogP contribution in [0.5, 0.6) is 23.1 Å². The predicted molar refractivity (Wildman–Crippen MR) is 159 cm³/mol. The summed E-state index contributed by atoms with van der Waals surface area (Å²) in [6, 6.07) is 6.96. The molecule has 5 aromatic rings. The van der Waals surface area contributed by atoms with Gasteiger partial charge >= 0.3 is 10.1 Å². The van der Waals surface area contributed by atoms with Gasteiger partial charge in [0.15, 0.2) is 16.9 Å². The number of nitrogens with zero attached hydrogens (tertiary/aromatic N) is 2. The minimum Gasteiger partial charge on any atom is -0.484 e. The van der Waals surface area contributed by atoms with Crippen molar-refractivity contribution in [2.75, 3.05) is 13.2 Å². The van der Waals surface area contributed by atoms with Crippen LogP contribution in [-0.4, -0.2) is 31.6 Å². The van der Waals surface area contributed by atoms with E-state index in [2.05, 4.69) is 14.2 Å². The lowest BCUT2D eigenvalue weighted by Crippen LogP contribution is -2.18. The smallest absolute Gasteiger partial charge is 0.360 e. The number of aryl methyl sites for hydroxylation is 1. The molecule has 0 unspecified atom stereocenters. The highest BCUT2D eigenvalue weighted by Crippen LogP contribution is 2.38. The fraction of sp³-hybridized carbons (Fsp3) is 0.194. The summed E-state index contributed by atoms with van der Waals surface area (Å²) in [5, 5.41) is -1.43. The molecule has 0 N–H and O–H groups in total. The van der Waals surface area contributed by atoms with E-state index in [1.54, 1.807) is 32.0 Å². The second kappa shape index (κ2) is 12.2. The highest BCUT2D eigenvalue weighted by molar-refractivity contribution is 7.87. The van der Waals surface area contributed by atoms with Gasteiger partial charge in [0.1, 0.15) is 35.8 Å². The third-order valence-electron chi connectivity index (χ3n) is 7.18. The number of benzene rings is 2. The van der Waals surface area contributed by atoms with Crippen molar-refractivity contribution in [3.63, 3.8) is 0 Å². The van der Waals surface area contributed by atoms with Crippen LogP contribution in [0.25, 0.3) is 22.3 Å². The summed E-state index contributed by atoms with van der Waals surface area (Å²) < 4.78 is 124. The molecule has 0 spiro atoms. The van der Waals surface area contributed by atoms with Crippen LogP contribution < -0.4 is 23.8 Å². The second-order valence-electron chi connectivity index (χ2n) is 10.5. The molecule has 0 saturated carbocycles. The fourth-order valence-electron chi connectivity index (χ4n) is 4.94. The molecular formula is C31H20ClF5N2O8S. The first-order valence-corrected chi connectivity index (χ1v) is 15.6. The third kappa shape index (κ3) is 5.74. The van der Waals surface area contributed by atoms with E-state index in [1.807, 2.05) is 0 Å². The van der Waals surface area contributed by atoms with Crippen molar-refractivity contribution in [1.29, 1.82) is 0 Å². The Hall–Kier alpha value is -4.96. The van der Waals surface area contributed by atoms with Crippen molar-refractivity contribution in [3.05, 3.63) is 97.7 Å². The van der Waals surface area contributed by atoms with Crippen LogP contribution in [0.2, 0.25) is 5.15 Å². The number of hydrogen-bond acceptors (Lipinski definition) is 10. The number of aromatic nitrogens is 2. The van der Waals surface area contributed by atoms with Crippen LogP contribution in [0.15, 0.2) is 50.8 Å². The Bertz CT molecular complexity index is 2290. The molecule has 250 valence electrons. The van der Waals surface area contributed by atoms with E-state index < -0.39 is 67.0 Å². The number of rotatable bonds is 7. The maximum absolute atomic E-state index is 14.3. The molecule has 1 atom stereocenters. The molecule has 4 heterocycles. The van der Waals surface area contributed by atoms with Gasteiger partial charge in [-0.15, -0.1) is 0 Å². The average Bonchev–Trinajstić information content (AvgIpc) is 3.06. The lowest BCUT2D eigenvalue weighted by molar-refractivity contribution is 0.164. The summed E-state index contributed by atoms with van der Waals surface area (Å²) >= 11 is 5.89. The topological polar surface area (TPSA) is 127 Å². The van der Waals surface area contributed by atoms with E-state index in [0.717, 1.165) is 12.1 Å². The monoisotopic (exact) mass is 710 g/mol. The largest absolute Gasteiger partial charge is 0.484 e. The van der Waals surface area contributed by atoms with Gasteiger partial charge in [-0.2, -0.15) is 17.2 Å². The van der Waals surface area contributed by atoms with Gasteiger partial charge in [-0.1, -0.05) is 11.6 Å². The van der Waals surface area contributed by atoms with E-state index in [4.69, 9.17) is 30.2 Å². The highest BCUT2D eigenvalue weighted by atomic mass is 35.5. The molecule has 0 radical (unpaired) electrons. The van der Waals surface area contributed by atoms with Crippen molar-refractivity contribution in [2.45, 2.75) is 31.9 Å². The van der Waals surface area contributed by atoms with Gasteiger partial charge in [0.05, 0.1) is 5.39 Å². The second-order valence-corrected chi connectivity index (χ2v) is 12.3. The van der Waals surface area contributed by atoms with Crippen LogP contribution in [0.4, 0.5) is 22.0 Å². The highest BCUT2D eigenvalue weighted by Gasteiger charge is 2.34. The zero-order valence-electron chi connectivity index (χ0n) is 24.8. The Morgan fingerprint density at radius 2 is 1.60 bits per heavy atom. The number of halogens is 6. The van der Waals surface area contributed by atoms with Crippen LogP contribution >= 0.6 is 11.6 Å². The first-order valence-electron chi connectivity index (χ1n) is 13.8. The molecular weight excluding hydrogens is 691 g/mol. The Kier molecular flexibility index (Phi) is 8.41. The van der Waals surface area contributed by atoms with Crippen molar-refractivity contribution in [3.8, 4) is 34.5 Å². The van der Waals surface area contributed by atoms with E-state index in [0.29, 0.717) is 30.1 Å². The molecule has 1 aliphatic rings. The molecule has 10 nitrogen and oxygen atoms in total. The predicted octanol–water partition coefficient (Wildman–Crippen LogP) is 6.89. The number of ether oxygens (including phenoxy) is 3. The van der Waals surface area contributed by atoms with Crippen LogP contribution in [0.3, 0.4) is 0 Å². The standard InChI is InChI=1S/C31H20ClF5N2O8S/c1-12-8-16(28-17(9-12)26(40)13(2)27(46-28)15-10-19-30(38-11-15)44-7-6-43-19)14(3)45-18-4-5-20(32)39-31(18)48(41,42)47-29-24(36)22(34)21(33)23(35)25(29)37/h4-5,8-11,14H,6-7H2,1-3H3/t14-/m1/s1. The SMILES string of the molecule is Cc1cc([C@@H](C)Oc2ccc(Cl)nc2S(=O)(=O)Oc2c(F)c(F)c(F)c(F)c2F)c2oc(-c3cnc4c(c3)OCCO4)c(C)c(=O)c2c1. The van der Waals surface area contributed by atoms with Crippen molar-refractivity contribution >= 4 is 32.7 Å². The molecule has 17 heteroatoms. The Labute approximate surface area is 272 Å². The first-order chi connectivity index (χ1) is 22.7. The molecule has 1 aliphatic heterocycles. The Morgan fingerprint density at radius 3 is 2.31 bits per heavy atom. The maximum atomic E-state index is 14.3. The van der Waals surface area contributed by atoms with Gasteiger partial charge in [0, 0.05) is 22.9 Å². The lowest BCUT2D eigenvalue weighted by Gasteiger charge is -2.20. The normalized spacial score (nSPS) is 13.4. The van der Waals surface area contributed by atoms with Crippen LogP contribution in [0.1, 0.15) is 29.7 Å². The van der Waals surface area contributed by atoms with E-state index in [1.165, 1.54) is 13.1 Å². The van der Waals surface area contributed by atoms with Crippen LogP contribution in [0, 0.1) is 42.9 Å². The van der Waals surface area contributed by atoms with Gasteiger partial charge < -0.3 is 22.8 Å². The van der Waals surface area contributed by atoms with E-state index >= 15 is 0 Å². The summed E-state index contributed by atoms with van der Waals surface area (Å²) in [7, 11) is -5.46. The number of fused-ring (bicyclic) bond motifs is 2. The zero-order valence-corrected chi connectivity index (χ0v) is 26.4. The average molecular weight is 711 g/mol. The van der Waals surface area contributed by atoms with Crippen molar-refractivity contribution < 1.29 is 53.2 Å². The van der Waals surface area contributed by atoms with Gasteiger partial charge in [-0.3, -0.25) is 4.79 Å². The maximum Gasteiger partial charge on any atom is 0.360 e. The molecule has 0 amide bonds. The molecule has 6 rings (SSSR count). The summed E-state index contributed by atoms with van der Waals surface area (Å²) in [6.45, 7) is 5.34. The molecule has 0 aliphatic carbocycles. The fourth-order valence-corrected chi connectivity index (χ4v) is 6.15. The minimum absolute atomic E-state index is 0.0672. The molecule has 3 aromatic heterocycles. The summed E-state index contributed by atoms with van der Waals surface area (Å²) in [6.07, 6.45) is 0.315. The minimum atomic E-state index is -5.46. The molecule has 48 heavy (non-hydrogen) atoms. The summed E-state index contributed by atoms with van der Waals surface area (Å²) in [4.78, 5) is 21.4. The number of hydrogen-bond donors (Lipinski definition) is 0. The summed E-state index contributed by atoms with van der Waals surface area (Å²) in [5.74, 6) is -14.4. The first kappa shape index (κ1) is 33.0. The lowest BCUT2D eigenvalue weighted by atomic mass is 10.00. The van der Waals surface area contributed by atoms with Gasteiger partial charge in [0.2, 0.25) is 39.9 Å².